The summed E-state index contributed by atoms with van der Waals surface area (Å²) < 4.78 is 0. The van der Waals surface area contributed by atoms with E-state index in [0.717, 1.165) is 49.9 Å². The van der Waals surface area contributed by atoms with Crippen LogP contribution in [0, 0.1) is 0 Å². The highest BCUT2D eigenvalue weighted by Gasteiger charge is 2.33. The second-order valence-corrected chi connectivity index (χ2v) is 9.39. The Hall–Kier alpha value is -2.04. The Morgan fingerprint density at radius 2 is 1.63 bits per heavy atom. The second-order valence-electron chi connectivity index (χ2n) is 8.96. The molecule has 0 bridgehead atoms. The number of carbonyl (C=O) groups excluding carboxylic acids is 1. The van der Waals surface area contributed by atoms with Gasteiger partial charge in [-0.25, -0.2) is 0 Å². The average molecular weight is 424 g/mol. The number of piperazine rings is 1. The van der Waals surface area contributed by atoms with E-state index in [1.165, 1.54) is 48.9 Å². The SMILES string of the molecule is O=C1c2cc(N3CCN(Cc4ccc(Cl)cc4)CC3)ccc2CN1C1CCCCC1. The van der Waals surface area contributed by atoms with Gasteiger partial charge in [0.15, 0.2) is 0 Å². The molecule has 0 N–H and O–H groups in total. The maximum Gasteiger partial charge on any atom is 0.254 e. The van der Waals surface area contributed by atoms with Crippen LogP contribution in [0.1, 0.15) is 53.6 Å². The van der Waals surface area contributed by atoms with Gasteiger partial charge in [-0.3, -0.25) is 9.69 Å². The lowest BCUT2D eigenvalue weighted by atomic mass is 9.94. The molecule has 30 heavy (non-hydrogen) atoms. The van der Waals surface area contributed by atoms with Gasteiger partial charge in [-0.15, -0.1) is 0 Å². The van der Waals surface area contributed by atoms with Crippen LogP contribution in [0.4, 0.5) is 5.69 Å². The molecule has 0 unspecified atom stereocenters. The Balaban J connectivity index is 1.21. The number of anilines is 1. The van der Waals surface area contributed by atoms with E-state index in [1.54, 1.807) is 0 Å². The maximum atomic E-state index is 13.1. The molecule has 0 radical (unpaired) electrons. The third-order valence-electron chi connectivity index (χ3n) is 7.00. The summed E-state index contributed by atoms with van der Waals surface area (Å²) in [6.07, 6.45) is 6.18. The van der Waals surface area contributed by atoms with Crippen molar-refractivity contribution < 1.29 is 4.79 Å². The number of nitrogens with zero attached hydrogens (tertiary/aromatic N) is 3. The molecule has 158 valence electrons. The number of benzene rings is 2. The topological polar surface area (TPSA) is 26.8 Å². The Morgan fingerprint density at radius 1 is 0.900 bits per heavy atom. The zero-order valence-electron chi connectivity index (χ0n) is 17.5. The Morgan fingerprint density at radius 3 is 2.37 bits per heavy atom. The molecule has 0 aromatic heterocycles. The van der Waals surface area contributed by atoms with Gasteiger partial charge in [0.1, 0.15) is 0 Å². The average Bonchev–Trinajstić information content (AvgIpc) is 3.12. The van der Waals surface area contributed by atoms with Crippen LogP contribution in [0.25, 0.3) is 0 Å². The van der Waals surface area contributed by atoms with Crippen LogP contribution in [0.5, 0.6) is 0 Å². The van der Waals surface area contributed by atoms with Crippen LogP contribution in [-0.2, 0) is 13.1 Å². The van der Waals surface area contributed by atoms with Crippen LogP contribution >= 0.6 is 11.6 Å². The number of carbonyl (C=O) groups is 1. The summed E-state index contributed by atoms with van der Waals surface area (Å²) in [6.45, 7) is 5.81. The van der Waals surface area contributed by atoms with E-state index in [1.807, 2.05) is 12.1 Å². The van der Waals surface area contributed by atoms with Crippen molar-refractivity contribution in [3.63, 3.8) is 0 Å². The minimum absolute atomic E-state index is 0.250. The summed E-state index contributed by atoms with van der Waals surface area (Å²) in [6, 6.07) is 15.1. The summed E-state index contributed by atoms with van der Waals surface area (Å²) in [5, 5.41) is 0.789. The lowest BCUT2D eigenvalue weighted by molar-refractivity contribution is 0.0660. The van der Waals surface area contributed by atoms with Gasteiger partial charge in [-0.05, 0) is 48.2 Å². The molecule has 3 aliphatic rings. The van der Waals surface area contributed by atoms with Gasteiger partial charge < -0.3 is 9.80 Å². The molecule has 2 aromatic carbocycles. The molecule has 2 aliphatic heterocycles. The van der Waals surface area contributed by atoms with Gasteiger partial charge in [-0.1, -0.05) is 49.1 Å². The molecule has 2 aromatic rings. The lowest BCUT2D eigenvalue weighted by Crippen LogP contribution is -2.46. The van der Waals surface area contributed by atoms with Crippen molar-refractivity contribution in [2.45, 2.75) is 51.2 Å². The first kappa shape index (κ1) is 19.9. The molecule has 1 amide bonds. The molecule has 0 spiro atoms. The molecule has 5 heteroatoms. The summed E-state index contributed by atoms with van der Waals surface area (Å²) >= 11 is 6.00. The van der Waals surface area contributed by atoms with Crippen molar-refractivity contribution >= 4 is 23.2 Å². The van der Waals surface area contributed by atoms with E-state index in [-0.39, 0.29) is 5.91 Å². The molecular formula is C25H30ClN3O. The number of halogens is 1. The third-order valence-corrected chi connectivity index (χ3v) is 7.25. The van der Waals surface area contributed by atoms with Crippen molar-refractivity contribution in [1.29, 1.82) is 0 Å². The second kappa shape index (κ2) is 8.60. The van der Waals surface area contributed by atoms with Crippen LogP contribution in [0.15, 0.2) is 42.5 Å². The number of hydrogen-bond donors (Lipinski definition) is 0. The van der Waals surface area contributed by atoms with Gasteiger partial charge in [0.2, 0.25) is 0 Å². The zero-order chi connectivity index (χ0) is 20.5. The zero-order valence-corrected chi connectivity index (χ0v) is 18.3. The Labute approximate surface area is 184 Å². The fourth-order valence-corrected chi connectivity index (χ4v) is 5.33. The van der Waals surface area contributed by atoms with E-state index in [4.69, 9.17) is 11.6 Å². The highest BCUT2D eigenvalue weighted by molar-refractivity contribution is 6.30. The quantitative estimate of drug-likeness (QED) is 0.696. The largest absolute Gasteiger partial charge is 0.369 e. The first-order valence-electron chi connectivity index (χ1n) is 11.3. The molecule has 1 saturated carbocycles. The van der Waals surface area contributed by atoms with E-state index in [0.29, 0.717) is 6.04 Å². The first-order valence-corrected chi connectivity index (χ1v) is 11.7. The molecule has 2 fully saturated rings. The third kappa shape index (κ3) is 4.08. The molecule has 1 saturated heterocycles. The number of hydrogen-bond acceptors (Lipinski definition) is 3. The first-order chi connectivity index (χ1) is 14.7. The smallest absolute Gasteiger partial charge is 0.254 e. The highest BCUT2D eigenvalue weighted by Crippen LogP contribution is 2.33. The van der Waals surface area contributed by atoms with Crippen molar-refractivity contribution in [1.82, 2.24) is 9.80 Å². The highest BCUT2D eigenvalue weighted by atomic mass is 35.5. The molecule has 5 rings (SSSR count). The summed E-state index contributed by atoms with van der Waals surface area (Å²) in [5.41, 5.74) is 4.63. The fraction of sp³-hybridized carbons (Fsp3) is 0.480. The predicted molar refractivity (Wildman–Crippen MR) is 122 cm³/mol. The van der Waals surface area contributed by atoms with E-state index in [2.05, 4.69) is 45.0 Å². The molecule has 4 nitrogen and oxygen atoms in total. The number of rotatable bonds is 4. The number of fused-ring (bicyclic) bond motifs is 1. The van der Waals surface area contributed by atoms with Gasteiger partial charge in [0, 0.05) is 61.6 Å². The molecule has 2 heterocycles. The van der Waals surface area contributed by atoms with Crippen molar-refractivity contribution in [2.75, 3.05) is 31.1 Å². The van der Waals surface area contributed by atoms with Crippen molar-refractivity contribution in [3.05, 3.63) is 64.2 Å². The van der Waals surface area contributed by atoms with Gasteiger partial charge in [0.05, 0.1) is 0 Å². The fourth-order valence-electron chi connectivity index (χ4n) is 5.21. The Bertz CT molecular complexity index is 899. The summed E-state index contributed by atoms with van der Waals surface area (Å²) in [5.74, 6) is 0.250. The summed E-state index contributed by atoms with van der Waals surface area (Å²) in [4.78, 5) is 20.2. The molecule has 1 aliphatic carbocycles. The van der Waals surface area contributed by atoms with Crippen LogP contribution in [-0.4, -0.2) is 47.9 Å². The van der Waals surface area contributed by atoms with Crippen LogP contribution < -0.4 is 4.90 Å². The van der Waals surface area contributed by atoms with Gasteiger partial charge in [0.25, 0.3) is 5.91 Å². The van der Waals surface area contributed by atoms with E-state index >= 15 is 0 Å². The lowest BCUT2D eigenvalue weighted by Gasteiger charge is -2.36. The van der Waals surface area contributed by atoms with Crippen molar-refractivity contribution in [3.8, 4) is 0 Å². The van der Waals surface area contributed by atoms with E-state index in [9.17, 15) is 4.79 Å². The maximum absolute atomic E-state index is 13.1. The predicted octanol–water partition coefficient (Wildman–Crippen LogP) is 4.95. The minimum Gasteiger partial charge on any atom is -0.369 e. The molecule has 0 atom stereocenters. The Kier molecular flexibility index (Phi) is 5.70. The molecular weight excluding hydrogens is 394 g/mol. The minimum atomic E-state index is 0.250. The van der Waals surface area contributed by atoms with Gasteiger partial charge in [-0.2, -0.15) is 0 Å². The number of amides is 1. The van der Waals surface area contributed by atoms with Crippen LogP contribution in [0.3, 0.4) is 0 Å². The normalized spacial score (nSPS) is 20.6. The monoisotopic (exact) mass is 423 g/mol. The van der Waals surface area contributed by atoms with Crippen LogP contribution in [0.2, 0.25) is 5.02 Å². The standard InChI is InChI=1S/C25H30ClN3O/c26-21-9-6-19(7-10-21)17-27-12-14-28(15-13-27)23-11-8-20-18-29(25(30)24(20)16-23)22-4-2-1-3-5-22/h6-11,16,22H,1-5,12-15,17-18H2. The summed E-state index contributed by atoms with van der Waals surface area (Å²) in [7, 11) is 0. The van der Waals surface area contributed by atoms with Gasteiger partial charge >= 0.3 is 0 Å². The van der Waals surface area contributed by atoms with Crippen molar-refractivity contribution in [2.24, 2.45) is 0 Å². The van der Waals surface area contributed by atoms with E-state index < -0.39 is 0 Å².